The van der Waals surface area contributed by atoms with Gasteiger partial charge in [0.05, 0.1) is 5.25 Å². The Morgan fingerprint density at radius 2 is 1.63 bits per heavy atom. The summed E-state index contributed by atoms with van der Waals surface area (Å²) >= 11 is 0. The molecule has 9 heteroatoms. The molecule has 0 spiro atoms. The lowest BCUT2D eigenvalue weighted by Gasteiger charge is -2.31. The predicted octanol–water partition coefficient (Wildman–Crippen LogP) is 2.69. The molecule has 1 fully saturated rings. The maximum absolute atomic E-state index is 12.8. The number of aromatic nitrogens is 3. The summed E-state index contributed by atoms with van der Waals surface area (Å²) in [7, 11) is -1.96. The van der Waals surface area contributed by atoms with Gasteiger partial charge in [-0.15, -0.1) is 10.2 Å². The fourth-order valence-electron chi connectivity index (χ4n) is 3.52. The van der Waals surface area contributed by atoms with Crippen LogP contribution in [0.4, 0.5) is 0 Å². The number of sulfone groups is 1. The van der Waals surface area contributed by atoms with E-state index < -0.39 is 15.1 Å². The summed E-state index contributed by atoms with van der Waals surface area (Å²) < 4.78 is 32.7. The molecule has 156 valence electrons. The zero-order chi connectivity index (χ0) is 21.1. The molecule has 4 rings (SSSR count). The Bertz CT molecular complexity index is 1120. The normalized spacial score (nSPS) is 15.2. The Morgan fingerprint density at radius 3 is 2.23 bits per heavy atom. The van der Waals surface area contributed by atoms with E-state index in [9.17, 15) is 13.2 Å². The second-order valence-corrected chi connectivity index (χ2v) is 9.32. The first-order valence-corrected chi connectivity index (χ1v) is 11.2. The van der Waals surface area contributed by atoms with E-state index in [1.54, 1.807) is 36.2 Å². The average Bonchev–Trinajstić information content (AvgIpc) is 3.21. The van der Waals surface area contributed by atoms with Crippen LogP contribution in [0.5, 0.6) is 11.5 Å². The number of carbonyl (C=O) groups excluding carboxylic acids is 1. The number of hydrogen-bond acceptors (Lipinski definition) is 6. The quantitative estimate of drug-likeness (QED) is 0.623. The van der Waals surface area contributed by atoms with Crippen LogP contribution in [0, 0.1) is 0 Å². The zero-order valence-corrected chi connectivity index (χ0v) is 17.3. The van der Waals surface area contributed by atoms with Crippen LogP contribution in [0.25, 0.3) is 0 Å². The summed E-state index contributed by atoms with van der Waals surface area (Å²) in [6, 6.07) is 16.4. The second-order valence-electron chi connectivity index (χ2n) is 7.20. The van der Waals surface area contributed by atoms with E-state index >= 15 is 0 Å². The number of para-hydroxylation sites is 1. The van der Waals surface area contributed by atoms with Crippen LogP contribution in [0.15, 0.2) is 66.1 Å². The highest BCUT2D eigenvalue weighted by molar-refractivity contribution is 7.91. The van der Waals surface area contributed by atoms with E-state index in [1.165, 1.54) is 10.9 Å². The van der Waals surface area contributed by atoms with E-state index in [4.69, 9.17) is 4.74 Å². The number of likely N-dealkylation sites (tertiary alicyclic amines) is 1. The molecule has 2 aromatic carbocycles. The van der Waals surface area contributed by atoms with Gasteiger partial charge in [0.15, 0.2) is 0 Å². The van der Waals surface area contributed by atoms with Crippen LogP contribution in [-0.4, -0.2) is 52.3 Å². The third-order valence-corrected chi connectivity index (χ3v) is 7.40. The number of rotatable bonds is 5. The number of benzene rings is 2. The number of aryl methyl sites for hydroxylation is 1. The van der Waals surface area contributed by atoms with Crippen molar-refractivity contribution in [3.63, 3.8) is 0 Å². The Labute approximate surface area is 175 Å². The Balaban J connectivity index is 1.38. The molecule has 1 amide bonds. The van der Waals surface area contributed by atoms with Gasteiger partial charge >= 0.3 is 0 Å². The summed E-state index contributed by atoms with van der Waals surface area (Å²) in [5.41, 5.74) is 0.546. The summed E-state index contributed by atoms with van der Waals surface area (Å²) in [5.74, 6) is 1.25. The van der Waals surface area contributed by atoms with Gasteiger partial charge in [0.1, 0.15) is 17.8 Å². The molecule has 0 atom stereocenters. The summed E-state index contributed by atoms with van der Waals surface area (Å²) in [6.45, 7) is 0.756. The van der Waals surface area contributed by atoms with Crippen LogP contribution in [0.1, 0.15) is 23.2 Å². The fraction of sp³-hybridized carbons (Fsp3) is 0.286. The largest absolute Gasteiger partial charge is 0.457 e. The van der Waals surface area contributed by atoms with E-state index in [1.807, 2.05) is 30.3 Å². The van der Waals surface area contributed by atoms with Crippen molar-refractivity contribution in [2.24, 2.45) is 7.05 Å². The summed E-state index contributed by atoms with van der Waals surface area (Å²) in [6.07, 6.45) is 2.11. The van der Waals surface area contributed by atoms with Gasteiger partial charge in [0, 0.05) is 25.7 Å². The molecule has 0 N–H and O–H groups in total. The number of hydrogen-bond donors (Lipinski definition) is 0. The van der Waals surface area contributed by atoms with Gasteiger partial charge in [-0.05, 0) is 49.2 Å². The maximum atomic E-state index is 12.8. The average molecular weight is 426 g/mol. The van der Waals surface area contributed by atoms with Gasteiger partial charge in [0.2, 0.25) is 15.0 Å². The minimum Gasteiger partial charge on any atom is -0.457 e. The minimum atomic E-state index is -3.56. The molecular weight excluding hydrogens is 404 g/mol. The van der Waals surface area contributed by atoms with Gasteiger partial charge in [-0.2, -0.15) is 0 Å². The van der Waals surface area contributed by atoms with Crippen LogP contribution in [0.2, 0.25) is 0 Å². The molecule has 0 bridgehead atoms. The molecule has 1 aliphatic heterocycles. The Kier molecular flexibility index (Phi) is 5.54. The molecule has 30 heavy (non-hydrogen) atoms. The van der Waals surface area contributed by atoms with Crippen molar-refractivity contribution in [3.8, 4) is 11.5 Å². The van der Waals surface area contributed by atoms with Crippen molar-refractivity contribution in [2.75, 3.05) is 13.1 Å². The highest BCUT2D eigenvalue weighted by Crippen LogP contribution is 2.25. The lowest BCUT2D eigenvalue weighted by atomic mass is 10.1. The molecule has 0 aliphatic carbocycles. The number of carbonyl (C=O) groups is 1. The van der Waals surface area contributed by atoms with Gasteiger partial charge in [-0.3, -0.25) is 4.79 Å². The first kappa shape index (κ1) is 20.1. The highest BCUT2D eigenvalue weighted by Gasteiger charge is 2.35. The number of amides is 1. The molecule has 1 aliphatic rings. The molecule has 2 heterocycles. The van der Waals surface area contributed by atoms with Crippen molar-refractivity contribution in [3.05, 3.63) is 66.5 Å². The van der Waals surface area contributed by atoms with Crippen molar-refractivity contribution in [1.29, 1.82) is 0 Å². The third kappa shape index (κ3) is 4.06. The molecule has 0 saturated carbocycles. The van der Waals surface area contributed by atoms with Crippen LogP contribution < -0.4 is 4.74 Å². The summed E-state index contributed by atoms with van der Waals surface area (Å²) in [5, 5.41) is 6.80. The van der Waals surface area contributed by atoms with Crippen LogP contribution >= 0.6 is 0 Å². The Hall–Kier alpha value is -3.20. The van der Waals surface area contributed by atoms with Gasteiger partial charge in [-0.25, -0.2) is 8.42 Å². The monoisotopic (exact) mass is 426 g/mol. The number of piperidine rings is 1. The SMILES string of the molecule is Cn1cnnc1S(=O)(=O)C1CCN(C(=O)c2ccc(Oc3ccccc3)cc2)CC1. The smallest absolute Gasteiger partial charge is 0.253 e. The molecule has 8 nitrogen and oxygen atoms in total. The molecule has 3 aromatic rings. The highest BCUT2D eigenvalue weighted by atomic mass is 32.2. The fourth-order valence-corrected chi connectivity index (χ4v) is 5.26. The Morgan fingerprint density at radius 1 is 1.00 bits per heavy atom. The second kappa shape index (κ2) is 8.27. The van der Waals surface area contributed by atoms with Gasteiger partial charge in [-0.1, -0.05) is 18.2 Å². The van der Waals surface area contributed by atoms with E-state index in [-0.39, 0.29) is 11.1 Å². The van der Waals surface area contributed by atoms with Crippen LogP contribution in [-0.2, 0) is 16.9 Å². The molecule has 1 aromatic heterocycles. The molecular formula is C21H22N4O4S. The predicted molar refractivity (Wildman–Crippen MR) is 110 cm³/mol. The van der Waals surface area contributed by atoms with Crippen molar-refractivity contribution in [1.82, 2.24) is 19.7 Å². The first-order chi connectivity index (χ1) is 14.4. The standard InChI is InChI=1S/C21H22N4O4S/c1-24-15-22-23-21(24)30(27,28)19-11-13-25(14-12-19)20(26)16-7-9-18(10-8-16)29-17-5-3-2-4-6-17/h2-10,15,19H,11-14H2,1H3. The van der Waals surface area contributed by atoms with Gasteiger partial charge < -0.3 is 14.2 Å². The number of nitrogens with zero attached hydrogens (tertiary/aromatic N) is 4. The van der Waals surface area contributed by atoms with E-state index in [0.717, 1.165) is 5.75 Å². The maximum Gasteiger partial charge on any atom is 0.253 e. The van der Waals surface area contributed by atoms with E-state index in [2.05, 4.69) is 10.2 Å². The van der Waals surface area contributed by atoms with Crippen molar-refractivity contribution < 1.29 is 17.9 Å². The topological polar surface area (TPSA) is 94.4 Å². The van der Waals surface area contributed by atoms with Crippen LogP contribution in [0.3, 0.4) is 0 Å². The van der Waals surface area contributed by atoms with E-state index in [0.29, 0.717) is 37.2 Å². The molecule has 0 unspecified atom stereocenters. The minimum absolute atomic E-state index is 0.0266. The van der Waals surface area contributed by atoms with Gasteiger partial charge in [0.25, 0.3) is 5.91 Å². The molecule has 1 saturated heterocycles. The third-order valence-electron chi connectivity index (χ3n) is 5.17. The number of ether oxygens (including phenoxy) is 1. The lowest BCUT2D eigenvalue weighted by molar-refractivity contribution is 0.0725. The first-order valence-electron chi connectivity index (χ1n) is 9.65. The van der Waals surface area contributed by atoms with Crippen molar-refractivity contribution >= 4 is 15.7 Å². The summed E-state index contributed by atoms with van der Waals surface area (Å²) in [4.78, 5) is 14.5. The molecule has 0 radical (unpaired) electrons. The zero-order valence-electron chi connectivity index (χ0n) is 16.5. The van der Waals surface area contributed by atoms with Crippen molar-refractivity contribution in [2.45, 2.75) is 23.2 Å². The lowest BCUT2D eigenvalue weighted by Crippen LogP contribution is -2.42.